The number of Topliss-reactive ketones (excluding diaryl/α,β-unsaturated/α-hetero) is 1. The number of aliphatic hydroxyl groups is 1. The van der Waals surface area contributed by atoms with Crippen LogP contribution >= 0.6 is 0 Å². The number of allylic oxidation sites excluding steroid dienone is 1. The molecule has 9 nitrogen and oxygen atoms in total. The molecule has 2 aliphatic carbocycles. The van der Waals surface area contributed by atoms with E-state index in [-0.39, 0.29) is 12.9 Å². The summed E-state index contributed by atoms with van der Waals surface area (Å²) < 4.78 is 22.0. The molecule has 6 atom stereocenters. The molecule has 4 aliphatic rings. The highest BCUT2D eigenvalue weighted by Crippen LogP contribution is 2.43. The molecule has 9 heteroatoms. The van der Waals surface area contributed by atoms with Crippen LogP contribution in [0.4, 0.5) is 0 Å². The van der Waals surface area contributed by atoms with Crippen molar-refractivity contribution in [3.8, 4) is 0 Å². The first-order chi connectivity index (χ1) is 11.8. The number of ether oxygens (including phenoxy) is 4. The van der Waals surface area contributed by atoms with Crippen molar-refractivity contribution in [2.24, 2.45) is 5.92 Å². The maximum atomic E-state index is 12.6. The van der Waals surface area contributed by atoms with Crippen LogP contribution < -0.4 is 0 Å². The molecule has 2 bridgehead atoms. The van der Waals surface area contributed by atoms with E-state index in [1.165, 1.54) is 0 Å². The molecule has 0 aromatic carbocycles. The largest absolute Gasteiger partial charge is 0.469 e. The van der Waals surface area contributed by atoms with E-state index < -0.39 is 46.8 Å². The van der Waals surface area contributed by atoms with E-state index >= 15 is 0 Å². The minimum absolute atomic E-state index is 0.130. The van der Waals surface area contributed by atoms with E-state index in [1.54, 1.807) is 26.0 Å². The third-order valence-electron chi connectivity index (χ3n) is 5.05. The summed E-state index contributed by atoms with van der Waals surface area (Å²) >= 11 is 0. The Kier molecular flexibility index (Phi) is 3.73. The summed E-state index contributed by atoms with van der Waals surface area (Å²) in [5.74, 6) is -1.94. The highest BCUT2D eigenvalue weighted by Gasteiger charge is 2.62. The third kappa shape index (κ3) is 2.58. The van der Waals surface area contributed by atoms with Gasteiger partial charge >= 0.3 is 0 Å². The molecular weight excluding hydrogens is 334 g/mol. The molecule has 136 valence electrons. The number of carbonyl (C=O) groups excluding carboxylic acids is 1. The lowest BCUT2D eigenvalue weighted by Crippen LogP contribution is -2.68. The van der Waals surface area contributed by atoms with Crippen molar-refractivity contribution in [1.29, 1.82) is 0 Å². The smallest absolute Gasteiger partial charge is 0.251 e. The Morgan fingerprint density at radius 3 is 2.76 bits per heavy atom. The lowest BCUT2D eigenvalue weighted by atomic mass is 9.72. The van der Waals surface area contributed by atoms with E-state index in [4.69, 9.17) is 18.9 Å². The van der Waals surface area contributed by atoms with Gasteiger partial charge in [0.25, 0.3) is 6.04 Å². The number of ketones is 1. The second-order valence-corrected chi connectivity index (χ2v) is 7.08. The van der Waals surface area contributed by atoms with Gasteiger partial charge in [-0.25, -0.2) is 0 Å². The molecule has 0 spiro atoms. The number of nitrogens with zero attached hydrogens (tertiary/aromatic N) is 1. The number of hydrogen-bond acceptors (Lipinski definition) is 8. The van der Waals surface area contributed by atoms with Crippen LogP contribution in [0.5, 0.6) is 0 Å². The van der Waals surface area contributed by atoms with E-state index in [0.717, 1.165) is 0 Å². The molecule has 3 fully saturated rings. The zero-order valence-corrected chi connectivity index (χ0v) is 13.8. The second kappa shape index (κ2) is 5.60. The fourth-order valence-electron chi connectivity index (χ4n) is 3.98. The molecule has 4 rings (SSSR count). The first-order valence-electron chi connectivity index (χ1n) is 8.15. The summed E-state index contributed by atoms with van der Waals surface area (Å²) in [5.41, 5.74) is 0.548. The van der Waals surface area contributed by atoms with Gasteiger partial charge in [0.2, 0.25) is 0 Å². The Morgan fingerprint density at radius 2 is 2.04 bits per heavy atom. The van der Waals surface area contributed by atoms with Gasteiger partial charge in [0.1, 0.15) is 18.0 Å². The summed E-state index contributed by atoms with van der Waals surface area (Å²) in [7, 11) is 0. The normalized spacial score (nSPS) is 42.1. The van der Waals surface area contributed by atoms with Gasteiger partial charge in [-0.15, -0.1) is 0 Å². The summed E-state index contributed by atoms with van der Waals surface area (Å²) in [4.78, 5) is 23.7. The summed E-state index contributed by atoms with van der Waals surface area (Å²) in [6, 6.07) is -1.41. The van der Waals surface area contributed by atoms with Crippen molar-refractivity contribution >= 4 is 5.78 Å². The maximum absolute atomic E-state index is 12.6. The Labute approximate surface area is 143 Å². The average Bonchev–Trinajstić information content (AvgIpc) is 2.99. The number of hydrogen-bond donors (Lipinski definition) is 1. The van der Waals surface area contributed by atoms with E-state index in [2.05, 4.69) is 0 Å². The first-order valence-corrected chi connectivity index (χ1v) is 8.15. The predicted molar refractivity (Wildman–Crippen MR) is 80.7 cm³/mol. The summed E-state index contributed by atoms with van der Waals surface area (Å²) in [6.07, 6.45) is -0.148. The molecule has 0 aromatic rings. The highest BCUT2D eigenvalue weighted by atomic mass is 16.7. The van der Waals surface area contributed by atoms with Gasteiger partial charge in [-0.1, -0.05) is 6.08 Å². The van der Waals surface area contributed by atoms with Crippen molar-refractivity contribution in [1.82, 2.24) is 0 Å². The van der Waals surface area contributed by atoms with Gasteiger partial charge in [0.15, 0.2) is 30.6 Å². The fraction of sp³-hybridized carbons (Fsp3) is 0.688. The molecule has 2 heterocycles. The van der Waals surface area contributed by atoms with Crippen molar-refractivity contribution in [2.75, 3.05) is 6.79 Å². The molecule has 25 heavy (non-hydrogen) atoms. The fourth-order valence-corrected chi connectivity index (χ4v) is 3.98. The molecule has 1 N–H and O–H groups in total. The monoisotopic (exact) mass is 353 g/mol. The third-order valence-corrected chi connectivity index (χ3v) is 5.05. The lowest BCUT2D eigenvalue weighted by molar-refractivity contribution is -0.554. The molecule has 0 aromatic heterocycles. The van der Waals surface area contributed by atoms with E-state index in [1.807, 2.05) is 0 Å². The van der Waals surface area contributed by atoms with Gasteiger partial charge in [-0.3, -0.25) is 14.9 Å². The van der Waals surface area contributed by atoms with Crippen LogP contribution in [0.1, 0.15) is 20.3 Å². The molecule has 1 saturated carbocycles. The van der Waals surface area contributed by atoms with Gasteiger partial charge in [-0.2, -0.15) is 0 Å². The van der Waals surface area contributed by atoms with Gasteiger partial charge in [-0.05, 0) is 31.9 Å². The Balaban J connectivity index is 1.76. The van der Waals surface area contributed by atoms with Crippen LogP contribution in [0.3, 0.4) is 0 Å². The van der Waals surface area contributed by atoms with Crippen LogP contribution in [0.15, 0.2) is 23.5 Å². The van der Waals surface area contributed by atoms with Crippen molar-refractivity contribution < 1.29 is 33.8 Å². The topological polar surface area (TPSA) is 117 Å². The van der Waals surface area contributed by atoms with Crippen LogP contribution in [-0.2, 0) is 23.7 Å². The minimum Gasteiger partial charge on any atom is -0.469 e. The zero-order chi connectivity index (χ0) is 17.9. The molecule has 0 amide bonds. The van der Waals surface area contributed by atoms with Crippen LogP contribution in [0, 0.1) is 16.0 Å². The van der Waals surface area contributed by atoms with Crippen molar-refractivity contribution in [3.63, 3.8) is 0 Å². The summed E-state index contributed by atoms with van der Waals surface area (Å²) in [6.45, 7) is 3.37. The van der Waals surface area contributed by atoms with Crippen LogP contribution in [-0.4, -0.2) is 58.9 Å². The van der Waals surface area contributed by atoms with Crippen LogP contribution in [0.25, 0.3) is 0 Å². The molecular formula is C16H19NO8. The van der Waals surface area contributed by atoms with Gasteiger partial charge < -0.3 is 24.1 Å². The Morgan fingerprint density at radius 1 is 1.32 bits per heavy atom. The molecule has 0 radical (unpaired) electrons. The second-order valence-electron chi connectivity index (χ2n) is 7.08. The zero-order valence-electron chi connectivity index (χ0n) is 13.8. The van der Waals surface area contributed by atoms with Gasteiger partial charge in [0.05, 0.1) is 5.92 Å². The quantitative estimate of drug-likeness (QED) is 0.556. The summed E-state index contributed by atoms with van der Waals surface area (Å²) in [5, 5.41) is 22.2. The highest BCUT2D eigenvalue weighted by molar-refractivity contribution is 5.90. The minimum atomic E-state index is -1.55. The van der Waals surface area contributed by atoms with Gasteiger partial charge in [0, 0.05) is 4.92 Å². The number of carbonyl (C=O) groups is 1. The standard InChI is InChI=1S/C16H19NO8/c1-16(2)24-14-10(7-3-4-8-9(5-7)23-6-22-8)11(17(20)21)12(18)15(25-16)13(14)19/h3,5,8,10-12,14-15,18H,4,6H2,1-2H3/t8?,10?,11-,12+,14-,15+/m1/s1. The number of nitro groups is 1. The van der Waals surface area contributed by atoms with Crippen molar-refractivity contribution in [3.05, 3.63) is 33.6 Å². The first kappa shape index (κ1) is 16.6. The molecule has 2 unspecified atom stereocenters. The maximum Gasteiger partial charge on any atom is 0.251 e. The molecule has 2 saturated heterocycles. The Hall–Kier alpha value is -1.81. The number of rotatable bonds is 2. The van der Waals surface area contributed by atoms with Crippen LogP contribution in [0.2, 0.25) is 0 Å². The van der Waals surface area contributed by atoms with E-state index in [0.29, 0.717) is 17.8 Å². The lowest BCUT2D eigenvalue weighted by Gasteiger charge is -2.48. The van der Waals surface area contributed by atoms with Crippen molar-refractivity contribution in [2.45, 2.75) is 56.5 Å². The predicted octanol–water partition coefficient (Wildman–Crippen LogP) is 0.298. The average molecular weight is 353 g/mol. The number of aliphatic hydroxyl groups excluding tert-OH is 1. The SMILES string of the molecule is CC1(C)O[C@@H]2C(=O)[C@H](O1)C(C1=CCC3OCOC3=C1)[C@@H]([N+](=O)[O-])[C@@H]2O. The van der Waals surface area contributed by atoms with E-state index in [9.17, 15) is 20.0 Å². The molecule has 2 aliphatic heterocycles. The number of fused-ring (bicyclic) bond motifs is 3. The Bertz CT molecular complexity index is 684.